The highest BCUT2D eigenvalue weighted by Crippen LogP contribution is 2.34. The second-order valence-corrected chi connectivity index (χ2v) is 6.35. The zero-order valence-corrected chi connectivity index (χ0v) is 11.4. The van der Waals surface area contributed by atoms with Crippen LogP contribution in [0.1, 0.15) is 58.8 Å². The summed E-state index contributed by atoms with van der Waals surface area (Å²) in [5.41, 5.74) is 0. The highest BCUT2D eigenvalue weighted by molar-refractivity contribution is 4.79. The third-order valence-corrected chi connectivity index (χ3v) is 4.99. The molecule has 0 radical (unpaired) electrons. The van der Waals surface area contributed by atoms with E-state index in [-0.39, 0.29) is 0 Å². The molecule has 0 amide bonds. The van der Waals surface area contributed by atoms with E-state index in [1.54, 1.807) is 0 Å². The number of hydrogen-bond donors (Lipinski definition) is 1. The normalized spacial score (nSPS) is 43.6. The lowest BCUT2D eigenvalue weighted by atomic mass is 9.80. The Hall–Kier alpha value is -0.0800. The van der Waals surface area contributed by atoms with Crippen LogP contribution in [-0.2, 0) is 4.74 Å². The Morgan fingerprint density at radius 1 is 0.882 bits per heavy atom. The molecule has 3 atom stereocenters. The summed E-state index contributed by atoms with van der Waals surface area (Å²) in [6.07, 6.45) is 9.45. The van der Waals surface area contributed by atoms with E-state index in [0.717, 1.165) is 37.5 Å². The SMILES string of the molecule is CC1CCC(OC2CCC(CO)CC2)CC1C. The lowest BCUT2D eigenvalue weighted by Crippen LogP contribution is -2.32. The van der Waals surface area contributed by atoms with Crippen molar-refractivity contribution in [3.63, 3.8) is 0 Å². The minimum atomic E-state index is 0.366. The summed E-state index contributed by atoms with van der Waals surface area (Å²) in [5.74, 6) is 2.24. The van der Waals surface area contributed by atoms with Crippen molar-refractivity contribution in [2.24, 2.45) is 17.8 Å². The van der Waals surface area contributed by atoms with Crippen LogP contribution in [0.2, 0.25) is 0 Å². The largest absolute Gasteiger partial charge is 0.396 e. The third kappa shape index (κ3) is 3.69. The molecule has 1 N–H and O–H groups in total. The van der Waals surface area contributed by atoms with Crippen molar-refractivity contribution in [3.8, 4) is 0 Å². The zero-order chi connectivity index (χ0) is 12.3. The summed E-state index contributed by atoms with van der Waals surface area (Å²) in [7, 11) is 0. The summed E-state index contributed by atoms with van der Waals surface area (Å²) in [6, 6.07) is 0. The van der Waals surface area contributed by atoms with Crippen LogP contribution in [0.15, 0.2) is 0 Å². The van der Waals surface area contributed by atoms with Gasteiger partial charge >= 0.3 is 0 Å². The number of hydrogen-bond acceptors (Lipinski definition) is 2. The molecule has 2 heteroatoms. The van der Waals surface area contributed by atoms with Gasteiger partial charge in [-0.05, 0) is 62.7 Å². The van der Waals surface area contributed by atoms with Crippen molar-refractivity contribution < 1.29 is 9.84 Å². The van der Waals surface area contributed by atoms with Gasteiger partial charge in [-0.3, -0.25) is 0 Å². The minimum absolute atomic E-state index is 0.366. The lowest BCUT2D eigenvalue weighted by molar-refractivity contribution is -0.0672. The van der Waals surface area contributed by atoms with Crippen LogP contribution in [-0.4, -0.2) is 23.9 Å². The van der Waals surface area contributed by atoms with Gasteiger partial charge in [-0.15, -0.1) is 0 Å². The van der Waals surface area contributed by atoms with E-state index in [2.05, 4.69) is 13.8 Å². The molecule has 2 fully saturated rings. The van der Waals surface area contributed by atoms with E-state index < -0.39 is 0 Å². The van der Waals surface area contributed by atoms with E-state index in [9.17, 15) is 0 Å². The summed E-state index contributed by atoms with van der Waals surface area (Å²) < 4.78 is 6.26. The zero-order valence-electron chi connectivity index (χ0n) is 11.4. The molecule has 0 aromatic rings. The highest BCUT2D eigenvalue weighted by atomic mass is 16.5. The van der Waals surface area contributed by atoms with Gasteiger partial charge in [0.05, 0.1) is 12.2 Å². The maximum absolute atomic E-state index is 9.12. The molecular formula is C15H28O2. The molecule has 0 saturated heterocycles. The standard InChI is InChI=1S/C15H28O2/c1-11-3-6-15(9-12(11)2)17-14-7-4-13(10-16)5-8-14/h11-16H,3-10H2,1-2H3. The average Bonchev–Trinajstić information content (AvgIpc) is 2.35. The first kappa shape index (κ1) is 13.4. The molecule has 0 aromatic carbocycles. The number of aliphatic hydroxyl groups is 1. The van der Waals surface area contributed by atoms with Crippen LogP contribution >= 0.6 is 0 Å². The summed E-state index contributed by atoms with van der Waals surface area (Å²) in [6.45, 7) is 5.10. The van der Waals surface area contributed by atoms with Crippen molar-refractivity contribution in [3.05, 3.63) is 0 Å². The van der Waals surface area contributed by atoms with Gasteiger partial charge in [0.2, 0.25) is 0 Å². The van der Waals surface area contributed by atoms with Gasteiger partial charge in [-0.1, -0.05) is 13.8 Å². The summed E-state index contributed by atoms with van der Waals surface area (Å²) >= 11 is 0. The van der Waals surface area contributed by atoms with Gasteiger partial charge in [-0.2, -0.15) is 0 Å². The predicted molar refractivity (Wildman–Crippen MR) is 69.9 cm³/mol. The second-order valence-electron chi connectivity index (χ2n) is 6.35. The molecule has 2 aliphatic rings. The van der Waals surface area contributed by atoms with Gasteiger partial charge in [0.25, 0.3) is 0 Å². The molecule has 2 rings (SSSR count). The maximum atomic E-state index is 9.12. The molecule has 2 nitrogen and oxygen atoms in total. The van der Waals surface area contributed by atoms with Gasteiger partial charge in [-0.25, -0.2) is 0 Å². The fourth-order valence-electron chi connectivity index (χ4n) is 3.34. The first-order valence-corrected chi connectivity index (χ1v) is 7.45. The molecule has 0 heterocycles. The predicted octanol–water partition coefficient (Wildman–Crippen LogP) is 3.38. The van der Waals surface area contributed by atoms with Crippen LogP contribution < -0.4 is 0 Å². The Morgan fingerprint density at radius 2 is 1.53 bits per heavy atom. The van der Waals surface area contributed by atoms with Crippen LogP contribution in [0, 0.1) is 17.8 Å². The fourth-order valence-corrected chi connectivity index (χ4v) is 3.34. The maximum Gasteiger partial charge on any atom is 0.0581 e. The molecule has 17 heavy (non-hydrogen) atoms. The minimum Gasteiger partial charge on any atom is -0.396 e. The molecule has 2 aliphatic carbocycles. The quantitative estimate of drug-likeness (QED) is 0.819. The molecule has 0 aromatic heterocycles. The Kier molecular flexibility index (Phi) is 4.87. The smallest absolute Gasteiger partial charge is 0.0581 e. The number of ether oxygens (including phenoxy) is 1. The summed E-state index contributed by atoms with van der Waals surface area (Å²) in [4.78, 5) is 0. The van der Waals surface area contributed by atoms with Crippen molar-refractivity contribution in [2.45, 2.75) is 71.0 Å². The van der Waals surface area contributed by atoms with Crippen molar-refractivity contribution in [2.75, 3.05) is 6.61 Å². The topological polar surface area (TPSA) is 29.5 Å². The van der Waals surface area contributed by atoms with Crippen LogP contribution in [0.5, 0.6) is 0 Å². The van der Waals surface area contributed by atoms with Gasteiger partial charge < -0.3 is 9.84 Å². The van der Waals surface area contributed by atoms with E-state index in [1.165, 1.54) is 19.3 Å². The Bertz CT molecular complexity index is 221. The number of aliphatic hydroxyl groups excluding tert-OH is 1. The second kappa shape index (κ2) is 6.19. The van der Waals surface area contributed by atoms with Crippen LogP contribution in [0.25, 0.3) is 0 Å². The van der Waals surface area contributed by atoms with Gasteiger partial charge in [0.15, 0.2) is 0 Å². The van der Waals surface area contributed by atoms with Crippen LogP contribution in [0.3, 0.4) is 0 Å². The van der Waals surface area contributed by atoms with E-state index in [0.29, 0.717) is 24.7 Å². The Balaban J connectivity index is 1.71. The van der Waals surface area contributed by atoms with E-state index >= 15 is 0 Å². The van der Waals surface area contributed by atoms with E-state index in [4.69, 9.17) is 9.84 Å². The fraction of sp³-hybridized carbons (Fsp3) is 1.00. The number of rotatable bonds is 3. The van der Waals surface area contributed by atoms with Gasteiger partial charge in [0.1, 0.15) is 0 Å². The molecule has 100 valence electrons. The monoisotopic (exact) mass is 240 g/mol. The van der Waals surface area contributed by atoms with Crippen molar-refractivity contribution in [1.29, 1.82) is 0 Å². The first-order valence-electron chi connectivity index (χ1n) is 7.45. The Labute approximate surface area is 106 Å². The molecular weight excluding hydrogens is 212 g/mol. The van der Waals surface area contributed by atoms with Crippen molar-refractivity contribution in [1.82, 2.24) is 0 Å². The third-order valence-electron chi connectivity index (χ3n) is 4.99. The molecule has 0 bridgehead atoms. The molecule has 0 spiro atoms. The van der Waals surface area contributed by atoms with Gasteiger partial charge in [0, 0.05) is 6.61 Å². The molecule has 0 aliphatic heterocycles. The van der Waals surface area contributed by atoms with Crippen molar-refractivity contribution >= 4 is 0 Å². The lowest BCUT2D eigenvalue weighted by Gasteiger charge is -2.36. The average molecular weight is 240 g/mol. The molecule has 3 unspecified atom stereocenters. The summed E-state index contributed by atoms with van der Waals surface area (Å²) in [5, 5.41) is 9.12. The van der Waals surface area contributed by atoms with E-state index in [1.807, 2.05) is 0 Å². The first-order chi connectivity index (χ1) is 8.19. The Morgan fingerprint density at radius 3 is 2.12 bits per heavy atom. The van der Waals surface area contributed by atoms with Crippen LogP contribution in [0.4, 0.5) is 0 Å². The molecule has 2 saturated carbocycles. The highest BCUT2D eigenvalue weighted by Gasteiger charge is 2.28.